The molecule has 1 fully saturated rings. The van der Waals surface area contributed by atoms with Crippen molar-refractivity contribution in [2.24, 2.45) is 11.3 Å². The van der Waals surface area contributed by atoms with Gasteiger partial charge >= 0.3 is 0 Å². The van der Waals surface area contributed by atoms with Gasteiger partial charge in [0.2, 0.25) is 5.91 Å². The summed E-state index contributed by atoms with van der Waals surface area (Å²) in [6.07, 6.45) is 2.02. The number of amides is 1. The molecule has 0 bridgehead atoms. The molecular weight excluding hydrogens is 288 g/mol. The van der Waals surface area contributed by atoms with Crippen molar-refractivity contribution in [3.05, 3.63) is 0 Å². The van der Waals surface area contributed by atoms with Gasteiger partial charge in [-0.15, -0.1) is 0 Å². The summed E-state index contributed by atoms with van der Waals surface area (Å²) in [4.78, 5) is 16.7. The Morgan fingerprint density at radius 3 is 2.74 bits per heavy atom. The monoisotopic (exact) mass is 322 g/mol. The van der Waals surface area contributed by atoms with Gasteiger partial charge in [-0.3, -0.25) is 9.69 Å². The minimum absolute atomic E-state index is 0.0796. The Labute approximate surface area is 142 Å². The largest absolute Gasteiger partial charge is 0.374 e. The number of nitrogens with zero attached hydrogens (tertiary/aromatic N) is 2. The van der Waals surface area contributed by atoms with Crippen molar-refractivity contribution in [3.63, 3.8) is 0 Å². The molecule has 23 heavy (non-hydrogen) atoms. The van der Waals surface area contributed by atoms with Crippen molar-refractivity contribution >= 4 is 5.91 Å². The number of hydrogen-bond acceptors (Lipinski definition) is 3. The quantitative estimate of drug-likeness (QED) is 0.705. The predicted octanol–water partition coefficient (Wildman–Crippen LogP) is 2.63. The van der Waals surface area contributed by atoms with Gasteiger partial charge in [-0.05, 0) is 6.42 Å². The Bertz CT molecular complexity index is 434. The van der Waals surface area contributed by atoms with Gasteiger partial charge in [0.25, 0.3) is 0 Å². The van der Waals surface area contributed by atoms with Gasteiger partial charge < -0.3 is 9.64 Å². The van der Waals surface area contributed by atoms with Crippen LogP contribution in [0.1, 0.15) is 47.5 Å². The van der Waals surface area contributed by atoms with Crippen LogP contribution in [0.25, 0.3) is 0 Å². The Morgan fingerprint density at radius 1 is 1.43 bits per heavy atom. The summed E-state index contributed by atoms with van der Waals surface area (Å²) in [5.74, 6) is 7.06. The molecule has 1 aliphatic heterocycles. The Morgan fingerprint density at radius 2 is 2.13 bits per heavy atom. The third-order valence-corrected chi connectivity index (χ3v) is 4.19. The van der Waals surface area contributed by atoms with E-state index >= 15 is 0 Å². The summed E-state index contributed by atoms with van der Waals surface area (Å²) < 4.78 is 5.85. The van der Waals surface area contributed by atoms with E-state index in [1.165, 1.54) is 0 Å². The third kappa shape index (κ3) is 6.93. The van der Waals surface area contributed by atoms with E-state index < -0.39 is 0 Å². The first-order valence-corrected chi connectivity index (χ1v) is 8.84. The first-order chi connectivity index (χ1) is 10.8. The summed E-state index contributed by atoms with van der Waals surface area (Å²) in [6, 6.07) is 0. The van der Waals surface area contributed by atoms with E-state index in [0.717, 1.165) is 32.5 Å². The second-order valence-corrected chi connectivity index (χ2v) is 7.52. The number of ether oxygens (including phenoxy) is 1. The van der Waals surface area contributed by atoms with E-state index in [1.807, 2.05) is 25.8 Å². The van der Waals surface area contributed by atoms with Crippen molar-refractivity contribution in [2.75, 3.05) is 39.8 Å². The van der Waals surface area contributed by atoms with Crippen LogP contribution in [0.3, 0.4) is 0 Å². The highest BCUT2D eigenvalue weighted by molar-refractivity contribution is 5.81. The maximum Gasteiger partial charge on any atom is 0.228 e. The molecule has 1 aliphatic rings. The highest BCUT2D eigenvalue weighted by Gasteiger charge is 2.31. The van der Waals surface area contributed by atoms with Crippen LogP contribution in [0.5, 0.6) is 0 Å². The fourth-order valence-corrected chi connectivity index (χ4v) is 3.03. The average Bonchev–Trinajstić information content (AvgIpc) is 2.46. The second kappa shape index (κ2) is 9.30. The standard InChI is InChI=1S/C19H34N2O2/c1-7-10-19(4,5)18(22)20(6)14-17-15-21(12-13-23-17)11-8-9-16(2)3/h16-17H,7,10-15H2,1-6H3/t17-/m1/s1. The first-order valence-electron chi connectivity index (χ1n) is 8.84. The van der Waals surface area contributed by atoms with Gasteiger partial charge in [-0.2, -0.15) is 0 Å². The summed E-state index contributed by atoms with van der Waals surface area (Å²) in [5.41, 5.74) is -0.291. The van der Waals surface area contributed by atoms with Crippen LogP contribution in [0.15, 0.2) is 0 Å². The smallest absolute Gasteiger partial charge is 0.228 e. The van der Waals surface area contributed by atoms with Gasteiger partial charge in [0, 0.05) is 38.0 Å². The molecule has 132 valence electrons. The van der Waals surface area contributed by atoms with Crippen LogP contribution >= 0.6 is 0 Å². The molecule has 0 unspecified atom stereocenters. The first kappa shape index (κ1) is 20.0. The minimum Gasteiger partial charge on any atom is -0.374 e. The van der Waals surface area contributed by atoms with Crippen LogP contribution in [0.4, 0.5) is 0 Å². The predicted molar refractivity (Wildman–Crippen MR) is 95.1 cm³/mol. The number of rotatable bonds is 6. The molecule has 0 aromatic carbocycles. The zero-order chi connectivity index (χ0) is 17.5. The number of likely N-dealkylation sites (N-methyl/N-ethyl adjacent to an activating group) is 1. The maximum absolute atomic E-state index is 12.6. The Hall–Kier alpha value is -1.05. The normalized spacial score (nSPS) is 19.3. The third-order valence-electron chi connectivity index (χ3n) is 4.19. The minimum atomic E-state index is -0.291. The highest BCUT2D eigenvalue weighted by atomic mass is 16.5. The van der Waals surface area contributed by atoms with Gasteiger partial charge in [0.05, 0.1) is 19.3 Å². The number of carbonyl (C=O) groups excluding carboxylic acids is 1. The zero-order valence-corrected chi connectivity index (χ0v) is 15.8. The second-order valence-electron chi connectivity index (χ2n) is 7.52. The molecule has 1 heterocycles. The summed E-state index contributed by atoms with van der Waals surface area (Å²) >= 11 is 0. The molecule has 0 aromatic rings. The van der Waals surface area contributed by atoms with Gasteiger partial charge in [0.15, 0.2) is 0 Å². The zero-order valence-electron chi connectivity index (χ0n) is 15.8. The molecule has 4 nitrogen and oxygen atoms in total. The van der Waals surface area contributed by atoms with E-state index in [4.69, 9.17) is 4.74 Å². The highest BCUT2D eigenvalue weighted by Crippen LogP contribution is 2.25. The lowest BCUT2D eigenvalue weighted by Crippen LogP contribution is -2.49. The van der Waals surface area contributed by atoms with Crippen molar-refractivity contribution in [2.45, 2.75) is 53.6 Å². The van der Waals surface area contributed by atoms with Crippen LogP contribution in [0, 0.1) is 23.2 Å². The van der Waals surface area contributed by atoms with Crippen molar-refractivity contribution in [1.29, 1.82) is 0 Å². The molecule has 0 aromatic heterocycles. The molecule has 1 atom stereocenters. The number of hydrogen-bond donors (Lipinski definition) is 0. The SMILES string of the molecule is CCCC(C)(C)C(=O)N(C)C[C@@H]1CN(CC#CC(C)C)CCO1. The van der Waals surface area contributed by atoms with Gasteiger partial charge in [0.1, 0.15) is 0 Å². The molecule has 0 radical (unpaired) electrons. The fraction of sp³-hybridized carbons (Fsp3) is 0.842. The van der Waals surface area contributed by atoms with E-state index in [-0.39, 0.29) is 17.4 Å². The summed E-state index contributed by atoms with van der Waals surface area (Å²) in [6.45, 7) is 14.3. The summed E-state index contributed by atoms with van der Waals surface area (Å²) in [5, 5.41) is 0. The van der Waals surface area contributed by atoms with Crippen LogP contribution in [0.2, 0.25) is 0 Å². The average molecular weight is 322 g/mol. The number of carbonyl (C=O) groups is 1. The van der Waals surface area contributed by atoms with E-state index in [1.54, 1.807) is 0 Å². The molecule has 1 rings (SSSR count). The molecule has 0 N–H and O–H groups in total. The van der Waals surface area contributed by atoms with Crippen LogP contribution in [-0.2, 0) is 9.53 Å². The van der Waals surface area contributed by atoms with Crippen LogP contribution in [-0.4, -0.2) is 61.6 Å². The lowest BCUT2D eigenvalue weighted by molar-refractivity contribution is -0.142. The van der Waals surface area contributed by atoms with E-state index in [9.17, 15) is 4.79 Å². The van der Waals surface area contributed by atoms with Gasteiger partial charge in [-0.1, -0.05) is 52.9 Å². The lowest BCUT2D eigenvalue weighted by atomic mass is 9.86. The summed E-state index contributed by atoms with van der Waals surface area (Å²) in [7, 11) is 1.89. The molecule has 0 saturated carbocycles. The van der Waals surface area contributed by atoms with Crippen molar-refractivity contribution < 1.29 is 9.53 Å². The van der Waals surface area contributed by atoms with Crippen molar-refractivity contribution in [3.8, 4) is 11.8 Å². The lowest BCUT2D eigenvalue weighted by Gasteiger charge is -2.36. The maximum atomic E-state index is 12.6. The molecule has 4 heteroatoms. The molecule has 0 aliphatic carbocycles. The van der Waals surface area contributed by atoms with Crippen molar-refractivity contribution in [1.82, 2.24) is 9.80 Å². The van der Waals surface area contributed by atoms with Gasteiger partial charge in [-0.25, -0.2) is 0 Å². The van der Waals surface area contributed by atoms with Crippen LogP contribution < -0.4 is 0 Å². The van der Waals surface area contributed by atoms with E-state index in [2.05, 4.69) is 37.5 Å². The Kier molecular flexibility index (Phi) is 8.08. The molecular formula is C19H34N2O2. The number of morpholine rings is 1. The molecule has 1 amide bonds. The topological polar surface area (TPSA) is 32.8 Å². The van der Waals surface area contributed by atoms with E-state index in [0.29, 0.717) is 19.1 Å². The molecule has 1 saturated heterocycles. The Balaban J connectivity index is 2.50. The molecule has 0 spiro atoms. The fourth-order valence-electron chi connectivity index (χ4n) is 3.03.